The number of benzene rings is 3. The van der Waals surface area contributed by atoms with Crippen LogP contribution in [-0.4, -0.2) is 15.3 Å². The molecule has 0 bridgehead atoms. The Bertz CT molecular complexity index is 720. The molecule has 0 amide bonds. The van der Waals surface area contributed by atoms with Crippen LogP contribution in [0.1, 0.15) is 5.56 Å². The largest absolute Gasteiger partial charge is 0.508 e. The number of hydrogen-bond donors (Lipinski definition) is 3. The molecule has 0 saturated carbocycles. The fourth-order valence-corrected chi connectivity index (χ4v) is 4.34. The van der Waals surface area contributed by atoms with E-state index in [0.29, 0.717) is 0 Å². The number of phenolic OH excluding ortho intramolecular Hbond substituents is 2. The first-order valence-electron chi connectivity index (χ1n) is 7.19. The Balaban J connectivity index is 2.08. The van der Waals surface area contributed by atoms with Gasteiger partial charge in [0.05, 0.1) is 17.5 Å². The van der Waals surface area contributed by atoms with Crippen LogP contribution in [-0.2, 0) is 17.5 Å². The van der Waals surface area contributed by atoms with Gasteiger partial charge in [0.25, 0.3) is 0 Å². The van der Waals surface area contributed by atoms with Crippen molar-refractivity contribution in [1.82, 2.24) is 0 Å². The van der Waals surface area contributed by atoms with Crippen molar-refractivity contribution in [2.75, 3.05) is 0 Å². The van der Waals surface area contributed by atoms with Gasteiger partial charge < -0.3 is 15.3 Å². The van der Waals surface area contributed by atoms with E-state index in [1.807, 2.05) is 48.5 Å². The quantitative estimate of drug-likeness (QED) is 0.641. The molecule has 4 heteroatoms. The Hall–Kier alpha value is -2.43. The summed E-state index contributed by atoms with van der Waals surface area (Å²) in [6.45, 7) is 0.0203. The average Bonchev–Trinajstić information content (AvgIpc) is 2.59. The van der Waals surface area contributed by atoms with E-state index in [1.54, 1.807) is 24.3 Å². The summed E-state index contributed by atoms with van der Waals surface area (Å²) in [6.07, 6.45) is 0. The molecule has 0 aliphatic carbocycles. The van der Waals surface area contributed by atoms with Crippen LogP contribution in [0.3, 0.4) is 0 Å². The zero-order valence-corrected chi connectivity index (χ0v) is 13.2. The first kappa shape index (κ1) is 15.5. The van der Waals surface area contributed by atoms with Crippen LogP contribution in [0.2, 0.25) is 0 Å². The highest BCUT2D eigenvalue weighted by Gasteiger charge is 2.28. The normalized spacial score (nSPS) is 10.9. The van der Waals surface area contributed by atoms with Gasteiger partial charge in [0.2, 0.25) is 0 Å². The van der Waals surface area contributed by atoms with Crippen LogP contribution >= 0.6 is 0 Å². The number of rotatable bonds is 4. The van der Waals surface area contributed by atoms with E-state index in [2.05, 4.69) is 0 Å². The molecule has 3 nitrogen and oxygen atoms in total. The Morgan fingerprint density at radius 3 is 1.26 bits per heavy atom. The summed E-state index contributed by atoms with van der Waals surface area (Å²) in [5.41, 5.74) is 0.869. The van der Waals surface area contributed by atoms with E-state index >= 15 is 0 Å². The van der Waals surface area contributed by atoms with E-state index < -0.39 is 0 Å². The molecule has 0 radical (unpaired) electrons. The van der Waals surface area contributed by atoms with Crippen molar-refractivity contribution in [2.24, 2.45) is 0 Å². The molecule has 0 saturated heterocycles. The third-order valence-corrected chi connectivity index (χ3v) is 5.72. The zero-order valence-electron chi connectivity index (χ0n) is 12.4. The molecule has 0 spiro atoms. The second kappa shape index (κ2) is 6.77. The van der Waals surface area contributed by atoms with Crippen molar-refractivity contribution >= 4 is 10.9 Å². The van der Waals surface area contributed by atoms with E-state index in [0.717, 1.165) is 20.2 Å². The van der Waals surface area contributed by atoms with E-state index in [-0.39, 0.29) is 29.0 Å². The predicted octanol–water partition coefficient (Wildman–Crippen LogP) is 3.69. The van der Waals surface area contributed by atoms with E-state index in [1.165, 1.54) is 0 Å². The molecule has 3 aromatic rings. The molecule has 116 valence electrons. The van der Waals surface area contributed by atoms with Crippen molar-refractivity contribution in [2.45, 2.75) is 21.3 Å². The first-order chi connectivity index (χ1) is 11.2. The molecule has 23 heavy (non-hydrogen) atoms. The topological polar surface area (TPSA) is 60.7 Å². The number of aliphatic hydroxyl groups is 1. The van der Waals surface area contributed by atoms with Crippen molar-refractivity contribution in [3.8, 4) is 11.5 Å². The summed E-state index contributed by atoms with van der Waals surface area (Å²) >= 11 is 0. The summed E-state index contributed by atoms with van der Waals surface area (Å²) in [5, 5.41) is 28.3. The third kappa shape index (κ3) is 3.50. The van der Waals surface area contributed by atoms with Gasteiger partial charge in [-0.2, -0.15) is 0 Å². The van der Waals surface area contributed by atoms with Crippen LogP contribution in [0.15, 0.2) is 87.5 Å². The zero-order chi connectivity index (χ0) is 16.2. The van der Waals surface area contributed by atoms with Crippen molar-refractivity contribution < 1.29 is 15.3 Å². The molecule has 0 aliphatic rings. The molecular weight excluding hydrogens is 308 g/mol. The predicted molar refractivity (Wildman–Crippen MR) is 90.7 cm³/mol. The molecule has 3 aromatic carbocycles. The molecule has 0 atom stereocenters. The number of hydrogen-bond acceptors (Lipinski definition) is 3. The molecule has 3 rings (SSSR count). The van der Waals surface area contributed by atoms with E-state index in [9.17, 15) is 15.3 Å². The molecule has 0 fully saturated rings. The van der Waals surface area contributed by atoms with Crippen LogP contribution < -0.4 is 0 Å². The van der Waals surface area contributed by atoms with Crippen LogP contribution in [0.4, 0.5) is 0 Å². The highest BCUT2D eigenvalue weighted by molar-refractivity contribution is 7.97. The van der Waals surface area contributed by atoms with Gasteiger partial charge in [-0.3, -0.25) is 0 Å². The molecule has 3 N–H and O–H groups in total. The van der Waals surface area contributed by atoms with Crippen molar-refractivity contribution in [3.63, 3.8) is 0 Å². The maximum absolute atomic E-state index is 9.53. The van der Waals surface area contributed by atoms with Gasteiger partial charge >= 0.3 is 0 Å². The van der Waals surface area contributed by atoms with Gasteiger partial charge in [-0.15, -0.1) is 0 Å². The lowest BCUT2D eigenvalue weighted by molar-refractivity contribution is 0.282. The van der Waals surface area contributed by atoms with Crippen LogP contribution in [0.25, 0.3) is 0 Å². The Morgan fingerprint density at radius 1 is 0.565 bits per heavy atom. The lowest BCUT2D eigenvalue weighted by Gasteiger charge is -2.08. The minimum Gasteiger partial charge on any atom is -0.508 e. The third-order valence-electron chi connectivity index (χ3n) is 3.49. The molecule has 0 heterocycles. The maximum Gasteiger partial charge on any atom is 0.166 e. The standard InChI is InChI=1S/C19H16O3S/c20-13-14-1-7-17(8-2-14)23(18-9-3-15(21)4-10-18)19-11-5-16(22)6-12-19/h1-12,20H,13H2,(H-,21,22)/p+1. The lowest BCUT2D eigenvalue weighted by Crippen LogP contribution is -2.04. The van der Waals surface area contributed by atoms with Gasteiger partial charge in [0, 0.05) is 0 Å². The van der Waals surface area contributed by atoms with Crippen LogP contribution in [0.5, 0.6) is 11.5 Å². The van der Waals surface area contributed by atoms with Gasteiger partial charge in [-0.1, -0.05) is 12.1 Å². The summed E-state index contributed by atoms with van der Waals surface area (Å²) < 4.78 is 0. The van der Waals surface area contributed by atoms with Crippen molar-refractivity contribution in [3.05, 3.63) is 78.4 Å². The Morgan fingerprint density at radius 2 is 0.913 bits per heavy atom. The molecular formula is C19H17O3S+. The van der Waals surface area contributed by atoms with Gasteiger partial charge in [-0.05, 0) is 66.2 Å². The maximum atomic E-state index is 9.53. The minimum absolute atomic E-state index is 0.0203. The minimum atomic E-state index is -0.345. The summed E-state index contributed by atoms with van der Waals surface area (Å²) in [6, 6.07) is 22.2. The van der Waals surface area contributed by atoms with Gasteiger partial charge in [-0.25, -0.2) is 0 Å². The summed E-state index contributed by atoms with van der Waals surface area (Å²) in [4.78, 5) is 3.26. The monoisotopic (exact) mass is 325 g/mol. The Labute approximate surface area is 137 Å². The highest BCUT2D eigenvalue weighted by Crippen LogP contribution is 2.32. The molecule has 0 aliphatic heterocycles. The summed E-state index contributed by atoms with van der Waals surface area (Å²) in [7, 11) is -0.345. The van der Waals surface area contributed by atoms with E-state index in [4.69, 9.17) is 0 Å². The number of aliphatic hydroxyl groups excluding tert-OH is 1. The Kier molecular flexibility index (Phi) is 4.55. The van der Waals surface area contributed by atoms with Gasteiger partial charge in [0.15, 0.2) is 14.7 Å². The smallest absolute Gasteiger partial charge is 0.166 e. The number of aromatic hydroxyl groups is 2. The average molecular weight is 325 g/mol. The molecule has 0 aromatic heterocycles. The first-order valence-corrected chi connectivity index (χ1v) is 8.42. The fraction of sp³-hybridized carbons (Fsp3) is 0.0526. The second-order valence-electron chi connectivity index (χ2n) is 5.10. The second-order valence-corrected chi connectivity index (χ2v) is 7.12. The van der Waals surface area contributed by atoms with Crippen LogP contribution in [0, 0.1) is 0 Å². The lowest BCUT2D eigenvalue weighted by atomic mass is 10.2. The van der Waals surface area contributed by atoms with Crippen molar-refractivity contribution in [1.29, 1.82) is 0 Å². The van der Waals surface area contributed by atoms with Gasteiger partial charge in [0.1, 0.15) is 11.5 Å². The highest BCUT2D eigenvalue weighted by atomic mass is 32.2. The SMILES string of the molecule is OCc1ccc([S+](c2ccc(O)cc2)c2ccc(O)cc2)cc1. The number of phenols is 2. The molecule has 0 unspecified atom stereocenters. The summed E-state index contributed by atoms with van der Waals surface area (Å²) in [5.74, 6) is 0.470. The fourth-order valence-electron chi connectivity index (χ4n) is 2.30.